The number of carbonyl (C=O) groups is 1. The maximum absolute atomic E-state index is 13.9. The normalized spacial score (nSPS) is 10.4. The number of methoxy groups -OCH3 is 2. The number of halogens is 1. The monoisotopic (exact) mass is 240 g/mol. The summed E-state index contributed by atoms with van der Waals surface area (Å²) in [5.74, 6) is -1.29. The van der Waals surface area contributed by atoms with Crippen molar-refractivity contribution in [2.75, 3.05) is 14.2 Å². The van der Waals surface area contributed by atoms with Gasteiger partial charge in [-0.3, -0.25) is 0 Å². The molecular weight excluding hydrogens is 231 g/mol. The Morgan fingerprint density at radius 1 is 1.44 bits per heavy atom. The highest BCUT2D eigenvalue weighted by atomic mass is 32.1. The molecule has 0 aliphatic heterocycles. The summed E-state index contributed by atoms with van der Waals surface area (Å²) >= 11 is 1.36. The molecule has 0 spiro atoms. The number of esters is 1. The van der Waals surface area contributed by atoms with Crippen LogP contribution >= 0.6 is 11.3 Å². The molecule has 0 fully saturated rings. The van der Waals surface area contributed by atoms with Gasteiger partial charge in [0.15, 0.2) is 11.6 Å². The lowest BCUT2D eigenvalue weighted by molar-refractivity contribution is 0.0595. The van der Waals surface area contributed by atoms with E-state index in [4.69, 9.17) is 4.74 Å². The maximum Gasteiger partial charge on any atom is 0.341 e. The molecule has 0 aliphatic rings. The zero-order valence-corrected chi connectivity index (χ0v) is 9.56. The third kappa shape index (κ3) is 1.53. The van der Waals surface area contributed by atoms with Gasteiger partial charge in [0, 0.05) is 0 Å². The van der Waals surface area contributed by atoms with Crippen molar-refractivity contribution in [3.8, 4) is 5.75 Å². The predicted octanol–water partition coefficient (Wildman–Crippen LogP) is 2.84. The first kappa shape index (κ1) is 10.9. The van der Waals surface area contributed by atoms with Crippen LogP contribution in [0.15, 0.2) is 17.5 Å². The number of rotatable bonds is 2. The van der Waals surface area contributed by atoms with E-state index in [1.165, 1.54) is 31.6 Å². The van der Waals surface area contributed by atoms with E-state index in [-0.39, 0.29) is 11.3 Å². The van der Waals surface area contributed by atoms with Crippen LogP contribution in [0.3, 0.4) is 0 Å². The van der Waals surface area contributed by atoms with Gasteiger partial charge < -0.3 is 9.47 Å². The molecule has 0 radical (unpaired) electrons. The number of benzene rings is 1. The van der Waals surface area contributed by atoms with Crippen molar-refractivity contribution in [3.63, 3.8) is 0 Å². The van der Waals surface area contributed by atoms with E-state index in [1.54, 1.807) is 6.07 Å². The van der Waals surface area contributed by atoms with Crippen LogP contribution in [0.4, 0.5) is 4.39 Å². The highest BCUT2D eigenvalue weighted by molar-refractivity contribution is 7.17. The van der Waals surface area contributed by atoms with Crippen LogP contribution < -0.4 is 4.74 Å². The lowest BCUT2D eigenvalue weighted by Gasteiger charge is -2.07. The molecule has 0 saturated heterocycles. The highest BCUT2D eigenvalue weighted by Gasteiger charge is 2.20. The van der Waals surface area contributed by atoms with E-state index in [1.807, 2.05) is 5.38 Å². The van der Waals surface area contributed by atoms with Crippen LogP contribution in [0.2, 0.25) is 0 Å². The van der Waals surface area contributed by atoms with Crippen molar-refractivity contribution in [1.82, 2.24) is 0 Å². The summed E-state index contributed by atoms with van der Waals surface area (Å²) in [5, 5.41) is 2.58. The van der Waals surface area contributed by atoms with Crippen molar-refractivity contribution in [2.24, 2.45) is 0 Å². The van der Waals surface area contributed by atoms with E-state index in [0.717, 1.165) is 5.39 Å². The molecule has 3 nitrogen and oxygen atoms in total. The fourth-order valence-corrected chi connectivity index (χ4v) is 2.39. The number of hydrogen-bond acceptors (Lipinski definition) is 4. The highest BCUT2D eigenvalue weighted by Crippen LogP contribution is 2.35. The summed E-state index contributed by atoms with van der Waals surface area (Å²) in [7, 11) is 2.59. The summed E-state index contributed by atoms with van der Waals surface area (Å²) in [6, 6.07) is 3.27. The van der Waals surface area contributed by atoms with E-state index < -0.39 is 11.8 Å². The third-order valence-corrected chi connectivity index (χ3v) is 3.18. The number of thiophene rings is 1. The van der Waals surface area contributed by atoms with E-state index in [9.17, 15) is 9.18 Å². The summed E-state index contributed by atoms with van der Waals surface area (Å²) in [6.45, 7) is 0. The van der Waals surface area contributed by atoms with Gasteiger partial charge in [0.2, 0.25) is 0 Å². The average Bonchev–Trinajstić information content (AvgIpc) is 2.75. The molecule has 0 N–H and O–H groups in total. The Morgan fingerprint density at radius 2 is 2.19 bits per heavy atom. The molecule has 0 aliphatic carbocycles. The van der Waals surface area contributed by atoms with Gasteiger partial charge in [-0.25, -0.2) is 9.18 Å². The van der Waals surface area contributed by atoms with Gasteiger partial charge in [-0.2, -0.15) is 0 Å². The second-order valence-electron chi connectivity index (χ2n) is 3.10. The molecule has 1 heterocycles. The first-order valence-corrected chi connectivity index (χ1v) is 5.39. The van der Waals surface area contributed by atoms with E-state index in [0.29, 0.717) is 4.70 Å². The van der Waals surface area contributed by atoms with Gasteiger partial charge in [-0.05, 0) is 22.9 Å². The van der Waals surface area contributed by atoms with Crippen LogP contribution in [-0.2, 0) is 4.74 Å². The third-order valence-electron chi connectivity index (χ3n) is 2.25. The van der Waals surface area contributed by atoms with Crippen LogP contribution in [0.5, 0.6) is 5.75 Å². The predicted molar refractivity (Wildman–Crippen MR) is 59.7 cm³/mol. The van der Waals surface area contributed by atoms with Gasteiger partial charge in [0.05, 0.1) is 24.5 Å². The Labute approximate surface area is 95.4 Å². The smallest absolute Gasteiger partial charge is 0.341 e. The Kier molecular flexibility index (Phi) is 2.78. The van der Waals surface area contributed by atoms with E-state index >= 15 is 0 Å². The van der Waals surface area contributed by atoms with Crippen molar-refractivity contribution in [3.05, 3.63) is 28.9 Å². The van der Waals surface area contributed by atoms with E-state index in [2.05, 4.69) is 4.74 Å². The molecule has 16 heavy (non-hydrogen) atoms. The Hall–Kier alpha value is -1.62. The lowest BCUT2D eigenvalue weighted by atomic mass is 10.1. The zero-order valence-electron chi connectivity index (χ0n) is 8.74. The molecule has 1 aromatic carbocycles. The zero-order chi connectivity index (χ0) is 11.7. The number of hydrogen-bond donors (Lipinski definition) is 0. The molecule has 0 saturated carbocycles. The largest absolute Gasteiger partial charge is 0.492 e. The Morgan fingerprint density at radius 3 is 2.81 bits per heavy atom. The maximum atomic E-state index is 13.9. The lowest BCUT2D eigenvalue weighted by Crippen LogP contribution is -2.05. The quantitative estimate of drug-likeness (QED) is 0.757. The number of carbonyl (C=O) groups excluding carboxylic acids is 1. The van der Waals surface area contributed by atoms with Gasteiger partial charge in [-0.15, -0.1) is 11.3 Å². The molecule has 0 bridgehead atoms. The molecule has 0 unspecified atom stereocenters. The van der Waals surface area contributed by atoms with Crippen LogP contribution in [-0.4, -0.2) is 20.2 Å². The second kappa shape index (κ2) is 4.09. The minimum atomic E-state index is -0.705. The Bertz CT molecular complexity index is 547. The number of ether oxygens (including phenoxy) is 2. The van der Waals surface area contributed by atoms with Crippen molar-refractivity contribution >= 4 is 27.4 Å². The van der Waals surface area contributed by atoms with Crippen molar-refractivity contribution in [2.45, 2.75) is 0 Å². The van der Waals surface area contributed by atoms with Gasteiger partial charge >= 0.3 is 5.97 Å². The summed E-state index contributed by atoms with van der Waals surface area (Å²) in [6.07, 6.45) is 0. The molecule has 84 valence electrons. The first-order chi connectivity index (χ1) is 7.69. The molecule has 1 aromatic heterocycles. The minimum Gasteiger partial charge on any atom is -0.492 e. The van der Waals surface area contributed by atoms with Crippen molar-refractivity contribution in [1.29, 1.82) is 0 Å². The number of fused-ring (bicyclic) bond motifs is 1. The fraction of sp³-hybridized carbons (Fsp3) is 0.182. The molecule has 2 rings (SSSR count). The molecule has 5 heteroatoms. The summed E-state index contributed by atoms with van der Waals surface area (Å²) in [5.41, 5.74) is -0.106. The van der Waals surface area contributed by atoms with Gasteiger partial charge in [0.25, 0.3) is 0 Å². The van der Waals surface area contributed by atoms with Gasteiger partial charge in [-0.1, -0.05) is 0 Å². The first-order valence-electron chi connectivity index (χ1n) is 4.51. The van der Waals surface area contributed by atoms with Crippen LogP contribution in [0.1, 0.15) is 10.4 Å². The molecular formula is C11H9FO3S. The van der Waals surface area contributed by atoms with Crippen molar-refractivity contribution < 1.29 is 18.7 Å². The summed E-state index contributed by atoms with van der Waals surface area (Å²) in [4.78, 5) is 11.4. The minimum absolute atomic E-state index is 0.0906. The summed E-state index contributed by atoms with van der Waals surface area (Å²) < 4.78 is 24.1. The Balaban J connectivity index is 2.76. The topological polar surface area (TPSA) is 35.5 Å². The average molecular weight is 240 g/mol. The molecule has 0 atom stereocenters. The SMILES string of the molecule is COC(=O)c1cc2ccsc2c(OC)c1F. The van der Waals surface area contributed by atoms with Gasteiger partial charge in [0.1, 0.15) is 0 Å². The van der Waals surface area contributed by atoms with Crippen LogP contribution in [0.25, 0.3) is 10.1 Å². The molecule has 2 aromatic rings. The fourth-order valence-electron chi connectivity index (χ4n) is 1.50. The standard InChI is InChI=1S/C11H9FO3S/c1-14-9-8(12)7(11(13)15-2)5-6-3-4-16-10(6)9/h3-5H,1-2H3. The van der Waals surface area contributed by atoms with Crippen LogP contribution in [0, 0.1) is 5.82 Å². The second-order valence-corrected chi connectivity index (χ2v) is 4.02. The molecule has 0 amide bonds.